The standard InChI is InChI=1S/C13H19BrN2.ClH/c1-10-7-11(4-5-13(10)14)8-16-6-2-3-12(15)9-16;/h4-5,7,12H,2-3,6,8-9,15H2,1H3;1H. The molecular weight excluding hydrogens is 300 g/mol. The molecule has 1 aliphatic heterocycles. The second kappa shape index (κ2) is 6.74. The Morgan fingerprint density at radius 1 is 1.47 bits per heavy atom. The van der Waals surface area contributed by atoms with Gasteiger partial charge in [0.1, 0.15) is 0 Å². The second-order valence-corrected chi connectivity index (χ2v) is 5.58. The fourth-order valence-corrected chi connectivity index (χ4v) is 2.54. The Balaban J connectivity index is 0.00000144. The van der Waals surface area contributed by atoms with Crippen molar-refractivity contribution < 1.29 is 0 Å². The lowest BCUT2D eigenvalue weighted by Gasteiger charge is -2.30. The molecule has 1 aromatic carbocycles. The van der Waals surface area contributed by atoms with Gasteiger partial charge in [-0.1, -0.05) is 28.1 Å². The molecule has 1 atom stereocenters. The zero-order chi connectivity index (χ0) is 11.5. The minimum Gasteiger partial charge on any atom is -0.327 e. The molecule has 2 nitrogen and oxygen atoms in total. The summed E-state index contributed by atoms with van der Waals surface area (Å²) in [6.07, 6.45) is 2.41. The molecule has 0 bridgehead atoms. The van der Waals surface area contributed by atoms with Gasteiger partial charge >= 0.3 is 0 Å². The zero-order valence-electron chi connectivity index (χ0n) is 10.2. The Kier molecular flexibility index (Phi) is 5.93. The first-order valence-electron chi connectivity index (χ1n) is 5.88. The smallest absolute Gasteiger partial charge is 0.0234 e. The lowest BCUT2D eigenvalue weighted by molar-refractivity contribution is 0.201. The van der Waals surface area contributed by atoms with Crippen molar-refractivity contribution in [1.29, 1.82) is 0 Å². The van der Waals surface area contributed by atoms with Gasteiger partial charge in [0.15, 0.2) is 0 Å². The molecule has 2 rings (SSSR count). The minimum atomic E-state index is 0. The number of rotatable bonds is 2. The minimum absolute atomic E-state index is 0. The first kappa shape index (κ1) is 15.0. The third kappa shape index (κ3) is 4.25. The maximum Gasteiger partial charge on any atom is 0.0234 e. The van der Waals surface area contributed by atoms with Crippen LogP contribution in [-0.4, -0.2) is 24.0 Å². The van der Waals surface area contributed by atoms with Crippen LogP contribution in [0.15, 0.2) is 22.7 Å². The van der Waals surface area contributed by atoms with E-state index in [0.29, 0.717) is 6.04 Å². The highest BCUT2D eigenvalue weighted by Gasteiger charge is 2.16. The van der Waals surface area contributed by atoms with Crippen molar-refractivity contribution in [2.75, 3.05) is 13.1 Å². The maximum atomic E-state index is 5.98. The largest absolute Gasteiger partial charge is 0.327 e. The summed E-state index contributed by atoms with van der Waals surface area (Å²) in [5.74, 6) is 0. The summed E-state index contributed by atoms with van der Waals surface area (Å²) in [6.45, 7) is 5.38. The van der Waals surface area contributed by atoms with E-state index in [4.69, 9.17) is 5.73 Å². The summed E-state index contributed by atoms with van der Waals surface area (Å²) in [5, 5.41) is 0. The number of nitrogens with two attached hydrogens (primary N) is 1. The normalized spacial score (nSPS) is 21.0. The fraction of sp³-hybridized carbons (Fsp3) is 0.538. The van der Waals surface area contributed by atoms with E-state index in [1.165, 1.54) is 35.0 Å². The molecule has 0 aromatic heterocycles. The molecule has 1 heterocycles. The summed E-state index contributed by atoms with van der Waals surface area (Å²) >= 11 is 3.53. The van der Waals surface area contributed by atoms with Gasteiger partial charge in [-0.15, -0.1) is 12.4 Å². The molecule has 1 aliphatic rings. The molecule has 0 spiro atoms. The van der Waals surface area contributed by atoms with Crippen LogP contribution in [0.5, 0.6) is 0 Å². The average molecular weight is 320 g/mol. The summed E-state index contributed by atoms with van der Waals surface area (Å²) in [6, 6.07) is 6.95. The lowest BCUT2D eigenvalue weighted by Crippen LogP contribution is -2.42. The molecule has 17 heavy (non-hydrogen) atoms. The first-order valence-corrected chi connectivity index (χ1v) is 6.67. The van der Waals surface area contributed by atoms with Crippen LogP contribution in [0, 0.1) is 6.92 Å². The predicted molar refractivity (Wildman–Crippen MR) is 78.6 cm³/mol. The number of aryl methyl sites for hydroxylation is 1. The quantitative estimate of drug-likeness (QED) is 0.907. The Bertz CT molecular complexity index is 370. The monoisotopic (exact) mass is 318 g/mol. The van der Waals surface area contributed by atoms with E-state index < -0.39 is 0 Å². The van der Waals surface area contributed by atoms with Crippen LogP contribution in [0.25, 0.3) is 0 Å². The van der Waals surface area contributed by atoms with Crippen LogP contribution in [-0.2, 0) is 6.54 Å². The number of benzene rings is 1. The third-order valence-corrected chi connectivity index (χ3v) is 4.06. The van der Waals surface area contributed by atoms with Gasteiger partial charge in [0.05, 0.1) is 0 Å². The van der Waals surface area contributed by atoms with Crippen LogP contribution in [0.3, 0.4) is 0 Å². The molecule has 1 saturated heterocycles. The van der Waals surface area contributed by atoms with Crippen molar-refractivity contribution in [2.45, 2.75) is 32.4 Å². The average Bonchev–Trinajstić information content (AvgIpc) is 2.24. The topological polar surface area (TPSA) is 29.3 Å². The van der Waals surface area contributed by atoms with Gasteiger partial charge in [-0.2, -0.15) is 0 Å². The van der Waals surface area contributed by atoms with E-state index in [0.717, 1.165) is 13.1 Å². The highest BCUT2D eigenvalue weighted by atomic mass is 79.9. The lowest BCUT2D eigenvalue weighted by atomic mass is 10.1. The van der Waals surface area contributed by atoms with E-state index >= 15 is 0 Å². The molecule has 0 amide bonds. The van der Waals surface area contributed by atoms with Crippen LogP contribution >= 0.6 is 28.3 Å². The van der Waals surface area contributed by atoms with Crippen molar-refractivity contribution >= 4 is 28.3 Å². The number of nitrogens with zero attached hydrogens (tertiary/aromatic N) is 1. The van der Waals surface area contributed by atoms with Crippen molar-refractivity contribution in [2.24, 2.45) is 5.73 Å². The van der Waals surface area contributed by atoms with E-state index in [2.05, 4.69) is 46.0 Å². The molecular formula is C13H20BrClN2. The molecule has 0 aliphatic carbocycles. The van der Waals surface area contributed by atoms with Crippen molar-refractivity contribution in [3.05, 3.63) is 33.8 Å². The number of hydrogen-bond donors (Lipinski definition) is 1. The zero-order valence-corrected chi connectivity index (χ0v) is 12.6. The SMILES string of the molecule is Cc1cc(CN2CCCC(N)C2)ccc1Br.Cl. The van der Waals surface area contributed by atoms with Gasteiger partial charge in [0.25, 0.3) is 0 Å². The van der Waals surface area contributed by atoms with Crippen LogP contribution in [0.4, 0.5) is 0 Å². The van der Waals surface area contributed by atoms with Gasteiger partial charge in [0.2, 0.25) is 0 Å². The van der Waals surface area contributed by atoms with Crippen LogP contribution in [0.2, 0.25) is 0 Å². The molecule has 2 N–H and O–H groups in total. The highest BCUT2D eigenvalue weighted by molar-refractivity contribution is 9.10. The fourth-order valence-electron chi connectivity index (χ4n) is 2.30. The molecule has 4 heteroatoms. The Labute approximate surface area is 118 Å². The number of hydrogen-bond acceptors (Lipinski definition) is 2. The summed E-state index contributed by atoms with van der Waals surface area (Å²) in [4.78, 5) is 2.46. The van der Waals surface area contributed by atoms with Crippen molar-refractivity contribution in [3.8, 4) is 0 Å². The van der Waals surface area contributed by atoms with Crippen molar-refractivity contribution in [1.82, 2.24) is 4.90 Å². The summed E-state index contributed by atoms with van der Waals surface area (Å²) in [5.41, 5.74) is 8.67. The van der Waals surface area contributed by atoms with E-state index in [1.54, 1.807) is 0 Å². The predicted octanol–water partition coefficient (Wildman–Crippen LogP) is 3.10. The first-order chi connectivity index (χ1) is 7.65. The molecule has 1 unspecified atom stereocenters. The molecule has 1 fully saturated rings. The Hall–Kier alpha value is -0.0900. The number of piperidine rings is 1. The summed E-state index contributed by atoms with van der Waals surface area (Å²) in [7, 11) is 0. The molecule has 0 saturated carbocycles. The van der Waals surface area contributed by atoms with Gasteiger partial charge < -0.3 is 5.73 Å². The van der Waals surface area contributed by atoms with E-state index in [9.17, 15) is 0 Å². The molecule has 0 radical (unpaired) electrons. The molecule has 96 valence electrons. The van der Waals surface area contributed by atoms with Gasteiger partial charge in [-0.05, 0) is 43.5 Å². The van der Waals surface area contributed by atoms with Gasteiger partial charge in [-0.3, -0.25) is 4.90 Å². The van der Waals surface area contributed by atoms with E-state index in [1.807, 2.05) is 0 Å². The van der Waals surface area contributed by atoms with Gasteiger partial charge in [-0.25, -0.2) is 0 Å². The molecule has 1 aromatic rings. The number of halogens is 2. The van der Waals surface area contributed by atoms with E-state index in [-0.39, 0.29) is 12.4 Å². The van der Waals surface area contributed by atoms with Crippen LogP contribution in [0.1, 0.15) is 24.0 Å². The highest BCUT2D eigenvalue weighted by Crippen LogP contribution is 2.19. The Morgan fingerprint density at radius 2 is 2.24 bits per heavy atom. The van der Waals surface area contributed by atoms with Gasteiger partial charge in [0, 0.05) is 23.6 Å². The van der Waals surface area contributed by atoms with Crippen molar-refractivity contribution in [3.63, 3.8) is 0 Å². The summed E-state index contributed by atoms with van der Waals surface area (Å²) < 4.78 is 1.19. The Morgan fingerprint density at radius 3 is 2.88 bits per heavy atom. The third-order valence-electron chi connectivity index (χ3n) is 3.17. The number of likely N-dealkylation sites (tertiary alicyclic amines) is 1. The second-order valence-electron chi connectivity index (χ2n) is 4.72. The maximum absolute atomic E-state index is 5.98. The van der Waals surface area contributed by atoms with Crippen LogP contribution < -0.4 is 5.73 Å².